The van der Waals surface area contributed by atoms with E-state index >= 15 is 0 Å². The van der Waals surface area contributed by atoms with Gasteiger partial charge in [0.05, 0.1) is 12.6 Å². The summed E-state index contributed by atoms with van der Waals surface area (Å²) in [6, 6.07) is 12.9. The number of nitrogens with zero attached hydrogens (tertiary/aromatic N) is 1. The molecule has 1 atom stereocenters. The summed E-state index contributed by atoms with van der Waals surface area (Å²) in [7, 11) is 0. The molecule has 1 saturated heterocycles. The second kappa shape index (κ2) is 10.0. The van der Waals surface area contributed by atoms with E-state index in [1.807, 2.05) is 36.4 Å². The van der Waals surface area contributed by atoms with Crippen molar-refractivity contribution in [1.29, 1.82) is 5.41 Å². The summed E-state index contributed by atoms with van der Waals surface area (Å²) in [4.78, 5) is 13.3. The number of phenols is 1. The van der Waals surface area contributed by atoms with Crippen molar-refractivity contribution in [1.82, 2.24) is 15.5 Å². The zero-order valence-electron chi connectivity index (χ0n) is 18.0. The number of phenolic OH excluding ortho intramolecular Hbond substituents is 1. The van der Waals surface area contributed by atoms with Gasteiger partial charge in [-0.3, -0.25) is 15.6 Å². The van der Waals surface area contributed by atoms with Gasteiger partial charge in [-0.2, -0.15) is 0 Å². The number of likely N-dealkylation sites (tertiary alicyclic amines) is 1. The van der Waals surface area contributed by atoms with E-state index in [0.29, 0.717) is 24.8 Å². The number of piperidine rings is 1. The maximum Gasteiger partial charge on any atom is 0.410 e. The summed E-state index contributed by atoms with van der Waals surface area (Å²) in [6.07, 6.45) is 1.68. The van der Waals surface area contributed by atoms with Crippen molar-refractivity contribution in [2.24, 2.45) is 5.92 Å². The maximum atomic E-state index is 10.9. The van der Waals surface area contributed by atoms with Gasteiger partial charge in [-0.25, -0.2) is 4.79 Å². The smallest absolute Gasteiger partial charge is 0.410 e. The zero-order chi connectivity index (χ0) is 22.5. The molecule has 2 aromatic carbocycles. The first-order valence-corrected chi connectivity index (χ1v) is 11.1. The number of fused-ring (bicyclic) bond motifs is 1. The number of amidine groups is 1. The zero-order valence-corrected chi connectivity index (χ0v) is 18.0. The minimum atomic E-state index is -1.23. The van der Waals surface area contributed by atoms with Crippen molar-refractivity contribution >= 4 is 11.9 Å². The molecule has 0 radical (unpaired) electrons. The molecule has 170 valence electrons. The normalized spacial score (nSPS) is 19.2. The summed E-state index contributed by atoms with van der Waals surface area (Å²) >= 11 is 0. The van der Waals surface area contributed by atoms with Gasteiger partial charge in [-0.05, 0) is 67.6 Å². The Hall–Kier alpha value is -3.10. The molecule has 4 rings (SSSR count). The maximum absolute atomic E-state index is 10.9. The number of benzene rings is 2. The van der Waals surface area contributed by atoms with Crippen LogP contribution in [0, 0.1) is 11.3 Å². The summed E-state index contributed by atoms with van der Waals surface area (Å²) < 4.78 is 6.10. The topological polar surface area (TPSA) is 118 Å². The lowest BCUT2D eigenvalue weighted by atomic mass is 9.93. The van der Waals surface area contributed by atoms with Crippen LogP contribution in [0.15, 0.2) is 42.5 Å². The van der Waals surface area contributed by atoms with Gasteiger partial charge in [0.25, 0.3) is 0 Å². The fourth-order valence-corrected chi connectivity index (χ4v) is 4.48. The fraction of sp³-hybridized carbons (Fsp3) is 0.417. The molecular formula is C24H30N4O4. The Kier molecular flexibility index (Phi) is 6.92. The van der Waals surface area contributed by atoms with Crippen molar-refractivity contribution in [3.05, 3.63) is 59.2 Å². The minimum Gasteiger partial charge on any atom is -0.508 e. The number of nitrogens with one attached hydrogen (secondary N) is 3. The van der Waals surface area contributed by atoms with Crippen molar-refractivity contribution in [3.63, 3.8) is 0 Å². The monoisotopic (exact) mass is 438 g/mol. The van der Waals surface area contributed by atoms with E-state index in [-0.39, 0.29) is 5.84 Å². The number of para-hydroxylation sites is 1. The number of amides is 1. The van der Waals surface area contributed by atoms with Gasteiger partial charge in [0.15, 0.2) is 0 Å². The van der Waals surface area contributed by atoms with Gasteiger partial charge in [0.1, 0.15) is 17.3 Å². The SMILES string of the molecule is N=C(NC(=O)O)C1NCCc2ccc(OCC3CCN(Cc4ccccc4O)CC3)cc21. The second-order valence-electron chi connectivity index (χ2n) is 8.50. The summed E-state index contributed by atoms with van der Waals surface area (Å²) in [6.45, 7) is 4.02. The molecule has 8 nitrogen and oxygen atoms in total. The van der Waals surface area contributed by atoms with Crippen LogP contribution in [-0.2, 0) is 13.0 Å². The predicted octanol–water partition coefficient (Wildman–Crippen LogP) is 3.11. The lowest BCUT2D eigenvalue weighted by Crippen LogP contribution is -2.42. The molecule has 1 amide bonds. The number of ether oxygens (including phenoxy) is 1. The Morgan fingerprint density at radius 2 is 2.00 bits per heavy atom. The molecule has 2 heterocycles. The molecule has 2 aliphatic heterocycles. The predicted molar refractivity (Wildman–Crippen MR) is 121 cm³/mol. The van der Waals surface area contributed by atoms with Crippen LogP contribution in [-0.4, -0.2) is 53.3 Å². The first kappa shape index (κ1) is 22.1. The highest BCUT2D eigenvalue weighted by molar-refractivity contribution is 5.97. The van der Waals surface area contributed by atoms with E-state index < -0.39 is 12.1 Å². The number of hydrogen-bond acceptors (Lipinski definition) is 6. The van der Waals surface area contributed by atoms with Crippen LogP contribution in [0.1, 0.15) is 35.6 Å². The Labute approximate surface area is 187 Å². The van der Waals surface area contributed by atoms with Crippen molar-refractivity contribution in [3.8, 4) is 11.5 Å². The van der Waals surface area contributed by atoms with Gasteiger partial charge in [-0.15, -0.1) is 0 Å². The molecule has 1 fully saturated rings. The van der Waals surface area contributed by atoms with E-state index in [9.17, 15) is 9.90 Å². The van der Waals surface area contributed by atoms with Gasteiger partial charge in [0, 0.05) is 18.7 Å². The van der Waals surface area contributed by atoms with Crippen LogP contribution in [0.4, 0.5) is 4.79 Å². The third-order valence-electron chi connectivity index (χ3n) is 6.28. The van der Waals surface area contributed by atoms with Gasteiger partial charge < -0.3 is 20.3 Å². The molecule has 0 aliphatic carbocycles. The molecule has 2 aromatic rings. The Bertz CT molecular complexity index is 972. The second-order valence-corrected chi connectivity index (χ2v) is 8.50. The Balaban J connectivity index is 1.31. The quantitative estimate of drug-likeness (QED) is 0.349. The molecule has 5 N–H and O–H groups in total. The highest BCUT2D eigenvalue weighted by atomic mass is 16.5. The molecular weight excluding hydrogens is 408 g/mol. The summed E-state index contributed by atoms with van der Waals surface area (Å²) in [5, 5.41) is 32.4. The van der Waals surface area contributed by atoms with E-state index in [2.05, 4.69) is 15.5 Å². The highest BCUT2D eigenvalue weighted by Crippen LogP contribution is 2.29. The minimum absolute atomic E-state index is 0.0765. The molecule has 0 spiro atoms. The fourth-order valence-electron chi connectivity index (χ4n) is 4.48. The number of rotatable bonds is 6. The number of carboxylic acid groups (broad SMARTS) is 1. The standard InChI is InChI=1S/C24H30N4O4/c25-23(27-24(30)31)22-20-13-19(6-5-17(20)7-10-26-22)32-15-16-8-11-28(12-9-16)14-18-3-1-2-4-21(18)29/h1-6,13,16,22,26,29H,7-12,14-15H2,(H2,25,27)(H,30,31). The average Bonchev–Trinajstić information content (AvgIpc) is 2.79. The van der Waals surface area contributed by atoms with E-state index in [0.717, 1.165) is 61.3 Å². The lowest BCUT2D eigenvalue weighted by molar-refractivity contribution is 0.136. The van der Waals surface area contributed by atoms with E-state index in [1.165, 1.54) is 0 Å². The van der Waals surface area contributed by atoms with Crippen LogP contribution >= 0.6 is 0 Å². The average molecular weight is 439 g/mol. The van der Waals surface area contributed by atoms with Crippen LogP contribution in [0.5, 0.6) is 11.5 Å². The highest BCUT2D eigenvalue weighted by Gasteiger charge is 2.26. The van der Waals surface area contributed by atoms with Crippen molar-refractivity contribution in [2.75, 3.05) is 26.2 Å². The third kappa shape index (κ3) is 5.38. The van der Waals surface area contributed by atoms with Gasteiger partial charge in [0.2, 0.25) is 0 Å². The van der Waals surface area contributed by atoms with Crippen LogP contribution in [0.2, 0.25) is 0 Å². The number of carbonyl (C=O) groups is 1. The molecule has 2 aliphatic rings. The molecule has 8 heteroatoms. The molecule has 0 saturated carbocycles. The Morgan fingerprint density at radius 1 is 1.22 bits per heavy atom. The first-order chi connectivity index (χ1) is 15.5. The molecule has 0 bridgehead atoms. The van der Waals surface area contributed by atoms with Crippen molar-refractivity contribution < 1.29 is 19.7 Å². The third-order valence-corrected chi connectivity index (χ3v) is 6.28. The lowest BCUT2D eigenvalue weighted by Gasteiger charge is -2.32. The van der Waals surface area contributed by atoms with Gasteiger partial charge in [-0.1, -0.05) is 24.3 Å². The van der Waals surface area contributed by atoms with Crippen molar-refractivity contribution in [2.45, 2.75) is 31.8 Å². The number of aromatic hydroxyl groups is 1. The van der Waals surface area contributed by atoms with Crippen LogP contribution in [0.25, 0.3) is 0 Å². The van der Waals surface area contributed by atoms with E-state index in [1.54, 1.807) is 6.07 Å². The molecule has 32 heavy (non-hydrogen) atoms. The van der Waals surface area contributed by atoms with Crippen LogP contribution < -0.4 is 15.4 Å². The molecule has 0 aromatic heterocycles. The number of hydrogen-bond donors (Lipinski definition) is 5. The first-order valence-electron chi connectivity index (χ1n) is 11.1. The summed E-state index contributed by atoms with van der Waals surface area (Å²) in [5.74, 6) is 1.49. The largest absolute Gasteiger partial charge is 0.508 e. The summed E-state index contributed by atoms with van der Waals surface area (Å²) in [5.41, 5.74) is 2.96. The Morgan fingerprint density at radius 3 is 2.75 bits per heavy atom. The van der Waals surface area contributed by atoms with E-state index in [4.69, 9.17) is 15.3 Å². The van der Waals surface area contributed by atoms with Gasteiger partial charge >= 0.3 is 6.09 Å². The van der Waals surface area contributed by atoms with Crippen LogP contribution in [0.3, 0.4) is 0 Å². The molecule has 1 unspecified atom stereocenters.